The number of benzene rings is 2. The molecule has 1 amide bonds. The standard InChI is InChI=1S/C21H21N7O/c1-15-19(16(2)28(24-15)18-11-7-4-8-12-18)13-22-20(29)14-27-25-21(23-26-27)17-9-5-3-6-10-17/h3-12H,13-14H2,1-2H3,(H,22,29). The second-order valence-electron chi connectivity index (χ2n) is 6.68. The molecule has 29 heavy (non-hydrogen) atoms. The molecule has 146 valence electrons. The van der Waals surface area contributed by atoms with E-state index in [2.05, 4.69) is 25.8 Å². The van der Waals surface area contributed by atoms with Crippen LogP contribution < -0.4 is 5.32 Å². The number of nitrogens with one attached hydrogen (secondary N) is 1. The van der Waals surface area contributed by atoms with E-state index in [-0.39, 0.29) is 12.5 Å². The Kier molecular flexibility index (Phi) is 5.15. The molecule has 0 spiro atoms. The van der Waals surface area contributed by atoms with Gasteiger partial charge in [-0.15, -0.1) is 10.2 Å². The summed E-state index contributed by atoms with van der Waals surface area (Å²) in [5.41, 5.74) is 4.74. The van der Waals surface area contributed by atoms with Crippen LogP contribution >= 0.6 is 0 Å². The van der Waals surface area contributed by atoms with Crippen molar-refractivity contribution < 1.29 is 4.79 Å². The first-order valence-electron chi connectivity index (χ1n) is 9.32. The van der Waals surface area contributed by atoms with Crippen molar-refractivity contribution >= 4 is 5.91 Å². The van der Waals surface area contributed by atoms with Crippen LogP contribution in [-0.2, 0) is 17.9 Å². The Labute approximate surface area is 168 Å². The summed E-state index contributed by atoms with van der Waals surface area (Å²) in [6.45, 7) is 4.34. The summed E-state index contributed by atoms with van der Waals surface area (Å²) in [6, 6.07) is 19.5. The maximum Gasteiger partial charge on any atom is 0.243 e. The number of para-hydroxylation sites is 1. The quantitative estimate of drug-likeness (QED) is 0.549. The number of aryl methyl sites for hydroxylation is 1. The molecule has 2 aromatic heterocycles. The average molecular weight is 387 g/mol. The van der Waals surface area contributed by atoms with Gasteiger partial charge in [-0.3, -0.25) is 4.79 Å². The zero-order valence-electron chi connectivity index (χ0n) is 16.3. The number of carbonyl (C=O) groups excluding carboxylic acids is 1. The Hall–Kier alpha value is -3.81. The average Bonchev–Trinajstić information content (AvgIpc) is 3.32. The van der Waals surface area contributed by atoms with Crippen LogP contribution in [0.2, 0.25) is 0 Å². The van der Waals surface area contributed by atoms with Gasteiger partial charge < -0.3 is 5.32 Å². The normalized spacial score (nSPS) is 10.8. The van der Waals surface area contributed by atoms with Gasteiger partial charge in [-0.25, -0.2) is 4.68 Å². The highest BCUT2D eigenvalue weighted by Gasteiger charge is 2.14. The van der Waals surface area contributed by atoms with Crippen molar-refractivity contribution in [2.75, 3.05) is 0 Å². The van der Waals surface area contributed by atoms with Gasteiger partial charge in [-0.1, -0.05) is 48.5 Å². The number of hydrogen-bond acceptors (Lipinski definition) is 5. The lowest BCUT2D eigenvalue weighted by molar-refractivity contribution is -0.122. The number of hydrogen-bond donors (Lipinski definition) is 1. The molecule has 8 nitrogen and oxygen atoms in total. The van der Waals surface area contributed by atoms with Crippen LogP contribution in [0.5, 0.6) is 0 Å². The van der Waals surface area contributed by atoms with Gasteiger partial charge in [0.2, 0.25) is 11.7 Å². The van der Waals surface area contributed by atoms with E-state index in [4.69, 9.17) is 0 Å². The van der Waals surface area contributed by atoms with Crippen LogP contribution in [0.3, 0.4) is 0 Å². The van der Waals surface area contributed by atoms with Crippen molar-refractivity contribution in [3.8, 4) is 17.1 Å². The number of carbonyl (C=O) groups is 1. The van der Waals surface area contributed by atoms with E-state index >= 15 is 0 Å². The fourth-order valence-electron chi connectivity index (χ4n) is 3.14. The van der Waals surface area contributed by atoms with Crippen LogP contribution in [0.25, 0.3) is 17.1 Å². The van der Waals surface area contributed by atoms with Crippen molar-refractivity contribution in [1.29, 1.82) is 0 Å². The molecule has 0 atom stereocenters. The molecule has 2 heterocycles. The Bertz CT molecular complexity index is 1120. The van der Waals surface area contributed by atoms with Gasteiger partial charge in [0.25, 0.3) is 0 Å². The second-order valence-corrected chi connectivity index (χ2v) is 6.68. The summed E-state index contributed by atoms with van der Waals surface area (Å²) < 4.78 is 1.89. The number of nitrogens with zero attached hydrogens (tertiary/aromatic N) is 6. The molecular weight excluding hydrogens is 366 g/mol. The second kappa shape index (κ2) is 8.05. The molecule has 2 aromatic carbocycles. The van der Waals surface area contributed by atoms with E-state index in [1.54, 1.807) is 0 Å². The Balaban J connectivity index is 1.41. The minimum Gasteiger partial charge on any atom is -0.350 e. The molecule has 1 N–H and O–H groups in total. The lowest BCUT2D eigenvalue weighted by Crippen LogP contribution is -2.28. The van der Waals surface area contributed by atoms with Crippen molar-refractivity contribution in [2.45, 2.75) is 26.9 Å². The third-order valence-corrected chi connectivity index (χ3v) is 4.67. The highest BCUT2D eigenvalue weighted by molar-refractivity contribution is 5.75. The molecular formula is C21H21N7O. The first-order valence-corrected chi connectivity index (χ1v) is 9.32. The lowest BCUT2D eigenvalue weighted by atomic mass is 10.2. The smallest absolute Gasteiger partial charge is 0.243 e. The summed E-state index contributed by atoms with van der Waals surface area (Å²) in [5.74, 6) is 0.308. The number of rotatable bonds is 6. The van der Waals surface area contributed by atoms with E-state index in [9.17, 15) is 4.79 Å². The minimum atomic E-state index is -0.187. The maximum atomic E-state index is 12.4. The third-order valence-electron chi connectivity index (χ3n) is 4.67. The van der Waals surface area contributed by atoms with Gasteiger partial charge in [-0.2, -0.15) is 9.90 Å². The third kappa shape index (κ3) is 4.06. The molecule has 0 bridgehead atoms. The van der Waals surface area contributed by atoms with Crippen molar-refractivity contribution in [1.82, 2.24) is 35.3 Å². The van der Waals surface area contributed by atoms with E-state index in [0.29, 0.717) is 12.4 Å². The lowest BCUT2D eigenvalue weighted by Gasteiger charge is -2.07. The van der Waals surface area contributed by atoms with E-state index in [0.717, 1.165) is 28.2 Å². The molecule has 0 fully saturated rings. The zero-order valence-corrected chi connectivity index (χ0v) is 16.3. The SMILES string of the molecule is Cc1nn(-c2ccccc2)c(C)c1CNC(=O)Cn1nnc(-c2ccccc2)n1. The molecule has 4 aromatic rings. The van der Waals surface area contributed by atoms with Gasteiger partial charge in [0.15, 0.2) is 0 Å². The molecule has 0 saturated carbocycles. The van der Waals surface area contributed by atoms with Crippen LogP contribution in [-0.4, -0.2) is 35.9 Å². The van der Waals surface area contributed by atoms with Gasteiger partial charge in [0, 0.05) is 23.4 Å². The predicted molar refractivity (Wildman–Crippen MR) is 108 cm³/mol. The Morgan fingerprint density at radius 1 is 0.966 bits per heavy atom. The molecule has 0 radical (unpaired) electrons. The van der Waals surface area contributed by atoms with E-state index < -0.39 is 0 Å². The molecule has 0 saturated heterocycles. The van der Waals surface area contributed by atoms with Crippen molar-refractivity contribution in [3.63, 3.8) is 0 Å². The first-order chi connectivity index (χ1) is 14.1. The summed E-state index contributed by atoms with van der Waals surface area (Å²) in [7, 11) is 0. The van der Waals surface area contributed by atoms with Crippen LogP contribution in [0.4, 0.5) is 0 Å². The Morgan fingerprint density at radius 2 is 1.66 bits per heavy atom. The minimum absolute atomic E-state index is 0.00471. The summed E-state index contributed by atoms with van der Waals surface area (Å²) in [4.78, 5) is 13.7. The fourth-order valence-corrected chi connectivity index (χ4v) is 3.14. The van der Waals surface area contributed by atoms with Crippen molar-refractivity contribution in [2.24, 2.45) is 0 Å². The van der Waals surface area contributed by atoms with Gasteiger partial charge >= 0.3 is 0 Å². The van der Waals surface area contributed by atoms with E-state index in [1.165, 1.54) is 4.80 Å². The fraction of sp³-hybridized carbons (Fsp3) is 0.190. The number of aromatic nitrogens is 6. The van der Waals surface area contributed by atoms with Gasteiger partial charge in [0.05, 0.1) is 11.4 Å². The van der Waals surface area contributed by atoms with Crippen LogP contribution in [0, 0.1) is 13.8 Å². The van der Waals surface area contributed by atoms with Gasteiger partial charge in [0.1, 0.15) is 6.54 Å². The summed E-state index contributed by atoms with van der Waals surface area (Å²) >= 11 is 0. The summed E-state index contributed by atoms with van der Waals surface area (Å²) in [6.07, 6.45) is 0. The monoisotopic (exact) mass is 387 g/mol. The molecule has 0 aliphatic heterocycles. The van der Waals surface area contributed by atoms with Gasteiger partial charge in [-0.05, 0) is 31.2 Å². The molecule has 0 unspecified atom stereocenters. The molecule has 0 aliphatic rings. The topological polar surface area (TPSA) is 90.5 Å². The zero-order chi connectivity index (χ0) is 20.2. The van der Waals surface area contributed by atoms with Crippen LogP contribution in [0.15, 0.2) is 60.7 Å². The van der Waals surface area contributed by atoms with Crippen molar-refractivity contribution in [3.05, 3.63) is 77.6 Å². The van der Waals surface area contributed by atoms with E-state index in [1.807, 2.05) is 79.2 Å². The number of tetrazole rings is 1. The summed E-state index contributed by atoms with van der Waals surface area (Å²) in [5, 5.41) is 19.8. The predicted octanol–water partition coefficient (Wildman–Crippen LogP) is 2.46. The maximum absolute atomic E-state index is 12.4. The molecule has 4 rings (SSSR count). The molecule has 8 heteroatoms. The largest absolute Gasteiger partial charge is 0.350 e. The first kappa shape index (κ1) is 18.5. The Morgan fingerprint density at radius 3 is 2.38 bits per heavy atom. The highest BCUT2D eigenvalue weighted by Crippen LogP contribution is 2.17. The van der Waals surface area contributed by atoms with Crippen LogP contribution in [0.1, 0.15) is 17.0 Å². The molecule has 0 aliphatic carbocycles. The highest BCUT2D eigenvalue weighted by atomic mass is 16.2. The number of amides is 1.